The summed E-state index contributed by atoms with van der Waals surface area (Å²) in [5.41, 5.74) is 7.06. The van der Waals surface area contributed by atoms with Gasteiger partial charge in [-0.1, -0.05) is 35.9 Å². The van der Waals surface area contributed by atoms with Crippen molar-refractivity contribution in [3.63, 3.8) is 0 Å². The highest BCUT2D eigenvalue weighted by atomic mass is 35.5. The fourth-order valence-electron chi connectivity index (χ4n) is 1.69. The number of hydrogen-bond acceptors (Lipinski definition) is 2. The first-order valence-electron chi connectivity index (χ1n) is 5.67. The molecule has 0 aliphatic heterocycles. The molecule has 2 aromatic rings. The number of rotatable bonds is 3. The molecule has 2 rings (SSSR count). The lowest BCUT2D eigenvalue weighted by molar-refractivity contribution is 0.102. The van der Waals surface area contributed by atoms with Crippen molar-refractivity contribution in [3.8, 4) is 0 Å². The van der Waals surface area contributed by atoms with Crippen LogP contribution < -0.4 is 11.1 Å². The molecule has 98 valence electrons. The molecule has 0 aliphatic carbocycles. The third-order valence-corrected chi connectivity index (χ3v) is 3.07. The quantitative estimate of drug-likeness (QED) is 0.906. The van der Waals surface area contributed by atoms with Crippen LogP contribution in [0.5, 0.6) is 0 Å². The summed E-state index contributed by atoms with van der Waals surface area (Å²) in [4.78, 5) is 12.1. The lowest BCUT2D eigenvalue weighted by atomic mass is 10.1. The Morgan fingerprint density at radius 1 is 1.21 bits per heavy atom. The van der Waals surface area contributed by atoms with Crippen molar-refractivity contribution in [3.05, 3.63) is 64.4 Å². The van der Waals surface area contributed by atoms with Crippen LogP contribution in [0.2, 0.25) is 5.02 Å². The smallest absolute Gasteiger partial charge is 0.257 e. The van der Waals surface area contributed by atoms with Crippen LogP contribution in [0.15, 0.2) is 42.5 Å². The van der Waals surface area contributed by atoms with Crippen molar-refractivity contribution in [1.82, 2.24) is 0 Å². The Bertz CT molecular complexity index is 616. The number of halogens is 2. The Kier molecular flexibility index (Phi) is 4.14. The van der Waals surface area contributed by atoms with Gasteiger partial charge in [0.1, 0.15) is 5.82 Å². The minimum absolute atomic E-state index is 0.0912. The Balaban J connectivity index is 2.28. The third kappa shape index (κ3) is 2.92. The minimum Gasteiger partial charge on any atom is -0.326 e. The van der Waals surface area contributed by atoms with Crippen molar-refractivity contribution in [2.75, 3.05) is 5.32 Å². The maximum atomic E-state index is 13.3. The molecule has 0 aromatic heterocycles. The Morgan fingerprint density at radius 2 is 1.95 bits per heavy atom. The molecular weight excluding hydrogens is 267 g/mol. The van der Waals surface area contributed by atoms with Gasteiger partial charge >= 0.3 is 0 Å². The Labute approximate surface area is 115 Å². The molecule has 0 aliphatic rings. The molecule has 1 amide bonds. The topological polar surface area (TPSA) is 55.1 Å². The monoisotopic (exact) mass is 278 g/mol. The van der Waals surface area contributed by atoms with E-state index in [-0.39, 0.29) is 10.6 Å². The van der Waals surface area contributed by atoms with Gasteiger partial charge in [-0.2, -0.15) is 0 Å². The van der Waals surface area contributed by atoms with Crippen LogP contribution >= 0.6 is 11.6 Å². The van der Waals surface area contributed by atoms with Crippen molar-refractivity contribution in [2.24, 2.45) is 5.73 Å². The normalized spacial score (nSPS) is 10.3. The number of amides is 1. The highest BCUT2D eigenvalue weighted by Gasteiger charge is 2.14. The second-order valence-electron chi connectivity index (χ2n) is 3.92. The molecule has 2 aromatic carbocycles. The number of carbonyl (C=O) groups excluding carboxylic acids is 1. The fourth-order valence-corrected chi connectivity index (χ4v) is 1.90. The molecule has 0 heterocycles. The number of nitrogens with one attached hydrogen (secondary N) is 1. The number of anilines is 1. The SMILES string of the molecule is NCc1ccccc1NC(=O)c1cccc(F)c1Cl. The largest absolute Gasteiger partial charge is 0.326 e. The predicted octanol–water partition coefficient (Wildman–Crippen LogP) is 3.19. The Morgan fingerprint density at radius 3 is 2.68 bits per heavy atom. The van der Waals surface area contributed by atoms with Gasteiger partial charge in [-0.15, -0.1) is 0 Å². The van der Waals surface area contributed by atoms with Gasteiger partial charge in [0, 0.05) is 12.2 Å². The van der Waals surface area contributed by atoms with Crippen LogP contribution in [0.1, 0.15) is 15.9 Å². The molecule has 19 heavy (non-hydrogen) atoms. The van der Waals surface area contributed by atoms with E-state index in [9.17, 15) is 9.18 Å². The summed E-state index contributed by atoms with van der Waals surface area (Å²) in [6, 6.07) is 11.2. The average molecular weight is 279 g/mol. The first-order chi connectivity index (χ1) is 9.13. The number of benzene rings is 2. The zero-order chi connectivity index (χ0) is 13.8. The van der Waals surface area contributed by atoms with E-state index in [1.807, 2.05) is 12.1 Å². The summed E-state index contributed by atoms with van der Waals surface area (Å²) in [5.74, 6) is -1.09. The molecule has 0 radical (unpaired) electrons. The fraction of sp³-hybridized carbons (Fsp3) is 0.0714. The number of hydrogen-bond donors (Lipinski definition) is 2. The zero-order valence-electron chi connectivity index (χ0n) is 9.99. The first-order valence-corrected chi connectivity index (χ1v) is 6.04. The average Bonchev–Trinajstić information content (AvgIpc) is 2.42. The van der Waals surface area contributed by atoms with E-state index in [0.717, 1.165) is 5.56 Å². The van der Waals surface area contributed by atoms with Gasteiger partial charge in [0.15, 0.2) is 0 Å². The van der Waals surface area contributed by atoms with E-state index in [1.165, 1.54) is 18.2 Å². The van der Waals surface area contributed by atoms with Crippen LogP contribution in [0, 0.1) is 5.82 Å². The van der Waals surface area contributed by atoms with Crippen LogP contribution in [-0.4, -0.2) is 5.91 Å². The minimum atomic E-state index is -0.624. The summed E-state index contributed by atoms with van der Waals surface area (Å²) in [6.07, 6.45) is 0. The standard InChI is InChI=1S/C14H12ClFN2O/c15-13-10(5-3-6-11(13)16)14(19)18-12-7-2-1-4-9(12)8-17/h1-7H,8,17H2,(H,18,19). The van der Waals surface area contributed by atoms with Gasteiger partial charge in [-0.3, -0.25) is 4.79 Å². The second-order valence-corrected chi connectivity index (χ2v) is 4.29. The van der Waals surface area contributed by atoms with E-state index in [1.54, 1.807) is 12.1 Å². The van der Waals surface area contributed by atoms with Crippen LogP contribution in [0.4, 0.5) is 10.1 Å². The molecule has 3 N–H and O–H groups in total. The van der Waals surface area contributed by atoms with E-state index in [0.29, 0.717) is 12.2 Å². The van der Waals surface area contributed by atoms with E-state index >= 15 is 0 Å². The summed E-state index contributed by atoms with van der Waals surface area (Å²) < 4.78 is 13.3. The lowest BCUT2D eigenvalue weighted by Gasteiger charge is -2.10. The summed E-state index contributed by atoms with van der Waals surface area (Å²) in [6.45, 7) is 0.299. The number of para-hydroxylation sites is 1. The molecule has 0 fully saturated rings. The highest BCUT2D eigenvalue weighted by molar-refractivity contribution is 6.34. The maximum absolute atomic E-state index is 13.3. The molecule has 0 saturated carbocycles. The van der Waals surface area contributed by atoms with Gasteiger partial charge in [0.25, 0.3) is 5.91 Å². The molecule has 0 atom stereocenters. The molecule has 0 saturated heterocycles. The Hall–Kier alpha value is -1.91. The zero-order valence-corrected chi connectivity index (χ0v) is 10.7. The van der Waals surface area contributed by atoms with Gasteiger partial charge in [0.2, 0.25) is 0 Å². The number of carbonyl (C=O) groups is 1. The van der Waals surface area contributed by atoms with E-state index in [2.05, 4.69) is 5.32 Å². The molecular formula is C14H12ClFN2O. The molecule has 3 nitrogen and oxygen atoms in total. The van der Waals surface area contributed by atoms with Gasteiger partial charge in [-0.25, -0.2) is 4.39 Å². The molecule has 0 unspecified atom stereocenters. The van der Waals surface area contributed by atoms with Gasteiger partial charge < -0.3 is 11.1 Å². The van der Waals surface area contributed by atoms with Crippen LogP contribution in [0.3, 0.4) is 0 Å². The van der Waals surface area contributed by atoms with Gasteiger partial charge in [0.05, 0.1) is 10.6 Å². The molecule has 0 bridgehead atoms. The number of nitrogens with two attached hydrogens (primary N) is 1. The van der Waals surface area contributed by atoms with Crippen LogP contribution in [-0.2, 0) is 6.54 Å². The second kappa shape index (κ2) is 5.82. The third-order valence-electron chi connectivity index (χ3n) is 2.68. The summed E-state index contributed by atoms with van der Waals surface area (Å²) in [7, 11) is 0. The van der Waals surface area contributed by atoms with Gasteiger partial charge in [-0.05, 0) is 23.8 Å². The van der Waals surface area contributed by atoms with E-state index < -0.39 is 11.7 Å². The molecule has 5 heteroatoms. The van der Waals surface area contributed by atoms with Crippen molar-refractivity contribution >= 4 is 23.2 Å². The molecule has 0 spiro atoms. The lowest BCUT2D eigenvalue weighted by Crippen LogP contribution is -2.15. The predicted molar refractivity (Wildman–Crippen MR) is 73.7 cm³/mol. The van der Waals surface area contributed by atoms with Crippen molar-refractivity contribution < 1.29 is 9.18 Å². The maximum Gasteiger partial charge on any atom is 0.257 e. The van der Waals surface area contributed by atoms with Crippen molar-refractivity contribution in [1.29, 1.82) is 0 Å². The highest BCUT2D eigenvalue weighted by Crippen LogP contribution is 2.22. The summed E-state index contributed by atoms with van der Waals surface area (Å²) in [5, 5.41) is 2.49. The van der Waals surface area contributed by atoms with Crippen LogP contribution in [0.25, 0.3) is 0 Å². The summed E-state index contributed by atoms with van der Waals surface area (Å²) >= 11 is 5.77. The van der Waals surface area contributed by atoms with E-state index in [4.69, 9.17) is 17.3 Å². The first kappa shape index (κ1) is 13.5. The van der Waals surface area contributed by atoms with Crippen molar-refractivity contribution in [2.45, 2.75) is 6.54 Å².